The molecule has 1 aliphatic heterocycles. The van der Waals surface area contributed by atoms with Crippen LogP contribution < -0.4 is 15.1 Å². The van der Waals surface area contributed by atoms with E-state index in [9.17, 15) is 14.9 Å². The topological polar surface area (TPSA) is 78.7 Å². The first-order chi connectivity index (χ1) is 14.4. The third-order valence-corrected chi connectivity index (χ3v) is 5.72. The maximum absolute atomic E-state index is 12.7. The molecule has 1 aliphatic rings. The monoisotopic (exact) mass is 410 g/mol. The Kier molecular flexibility index (Phi) is 6.92. The molecule has 2 aromatic carbocycles. The number of piperidine rings is 1. The van der Waals surface area contributed by atoms with E-state index in [-0.39, 0.29) is 22.4 Å². The molecule has 0 saturated carbocycles. The number of para-hydroxylation sites is 2. The Morgan fingerprint density at radius 1 is 1.17 bits per heavy atom. The summed E-state index contributed by atoms with van der Waals surface area (Å²) in [6, 6.07) is 15.2. The van der Waals surface area contributed by atoms with E-state index in [2.05, 4.69) is 31.0 Å². The first-order valence-electron chi connectivity index (χ1n) is 10.6. The van der Waals surface area contributed by atoms with Crippen LogP contribution in [-0.2, 0) is 4.79 Å². The highest BCUT2D eigenvalue weighted by Crippen LogP contribution is 2.31. The fraction of sp³-hybridized carbons (Fsp3) is 0.435. The lowest BCUT2D eigenvalue weighted by atomic mass is 9.95. The van der Waals surface area contributed by atoms with Crippen molar-refractivity contribution in [3.05, 3.63) is 58.6 Å². The zero-order chi connectivity index (χ0) is 21.7. The summed E-state index contributed by atoms with van der Waals surface area (Å²) in [4.78, 5) is 27.9. The SMILES string of the molecule is CCN(c1ccc(NC(=O)C2CCN(c3ccccc3[N+](=O)[O-])CC2)cc1)C(C)C. The molecule has 0 bridgehead atoms. The van der Waals surface area contributed by atoms with E-state index in [0.717, 1.165) is 17.9 Å². The maximum Gasteiger partial charge on any atom is 0.292 e. The molecule has 3 rings (SSSR count). The van der Waals surface area contributed by atoms with Gasteiger partial charge in [-0.2, -0.15) is 0 Å². The molecule has 2 aromatic rings. The molecule has 160 valence electrons. The minimum Gasteiger partial charge on any atom is -0.369 e. The highest BCUT2D eigenvalue weighted by atomic mass is 16.6. The van der Waals surface area contributed by atoms with Crippen LogP contribution in [0.2, 0.25) is 0 Å². The second kappa shape index (κ2) is 9.61. The van der Waals surface area contributed by atoms with Gasteiger partial charge in [0.25, 0.3) is 5.69 Å². The second-order valence-electron chi connectivity index (χ2n) is 7.92. The van der Waals surface area contributed by atoms with Crippen LogP contribution in [0.25, 0.3) is 0 Å². The van der Waals surface area contributed by atoms with Gasteiger partial charge in [-0.05, 0) is 63.9 Å². The van der Waals surface area contributed by atoms with Gasteiger partial charge in [0.05, 0.1) is 4.92 Å². The van der Waals surface area contributed by atoms with Gasteiger partial charge in [-0.15, -0.1) is 0 Å². The van der Waals surface area contributed by atoms with Gasteiger partial charge in [0.15, 0.2) is 0 Å². The Morgan fingerprint density at radius 3 is 2.37 bits per heavy atom. The molecule has 0 aliphatic carbocycles. The van der Waals surface area contributed by atoms with Crippen LogP contribution in [0.3, 0.4) is 0 Å². The minimum absolute atomic E-state index is 0.0150. The van der Waals surface area contributed by atoms with Gasteiger partial charge in [-0.3, -0.25) is 14.9 Å². The number of nitro benzene ring substituents is 1. The summed E-state index contributed by atoms with van der Waals surface area (Å²) >= 11 is 0. The molecule has 0 radical (unpaired) electrons. The molecule has 7 nitrogen and oxygen atoms in total. The van der Waals surface area contributed by atoms with E-state index >= 15 is 0 Å². The number of anilines is 3. The molecule has 1 N–H and O–H groups in total. The van der Waals surface area contributed by atoms with E-state index in [4.69, 9.17) is 0 Å². The fourth-order valence-corrected chi connectivity index (χ4v) is 4.09. The Bertz CT molecular complexity index is 874. The van der Waals surface area contributed by atoms with Crippen LogP contribution >= 0.6 is 0 Å². The van der Waals surface area contributed by atoms with Crippen molar-refractivity contribution >= 4 is 28.7 Å². The van der Waals surface area contributed by atoms with Crippen molar-refractivity contribution in [3.63, 3.8) is 0 Å². The van der Waals surface area contributed by atoms with Crippen LogP contribution in [0.5, 0.6) is 0 Å². The number of rotatable bonds is 7. The Hall–Kier alpha value is -3.09. The predicted octanol–water partition coefficient (Wildman–Crippen LogP) is 4.68. The molecule has 0 aromatic heterocycles. The Balaban J connectivity index is 1.58. The summed E-state index contributed by atoms with van der Waals surface area (Å²) in [7, 11) is 0. The summed E-state index contributed by atoms with van der Waals surface area (Å²) in [6.07, 6.45) is 1.35. The number of carbonyl (C=O) groups is 1. The van der Waals surface area contributed by atoms with Crippen molar-refractivity contribution in [3.8, 4) is 0 Å². The number of nitro groups is 1. The normalized spacial score (nSPS) is 14.6. The molecule has 0 atom stereocenters. The molecule has 1 heterocycles. The number of amides is 1. The standard InChI is InChI=1S/C23H30N4O3/c1-4-26(17(2)3)20-11-9-19(10-12-20)24-23(28)18-13-15-25(16-14-18)21-7-5-6-8-22(21)27(29)30/h5-12,17-18H,4,13-16H2,1-3H3,(H,24,28). The Morgan fingerprint density at radius 2 is 1.80 bits per heavy atom. The molecular weight excluding hydrogens is 380 g/mol. The average Bonchev–Trinajstić information content (AvgIpc) is 2.75. The number of carbonyl (C=O) groups excluding carboxylic acids is 1. The molecule has 0 unspecified atom stereocenters. The third-order valence-electron chi connectivity index (χ3n) is 5.72. The van der Waals surface area contributed by atoms with E-state index in [1.807, 2.05) is 35.2 Å². The number of hydrogen-bond acceptors (Lipinski definition) is 5. The molecule has 0 spiro atoms. The van der Waals surface area contributed by atoms with E-state index in [1.54, 1.807) is 12.1 Å². The van der Waals surface area contributed by atoms with Gasteiger partial charge in [-0.25, -0.2) is 0 Å². The van der Waals surface area contributed by atoms with Crippen molar-refractivity contribution in [2.75, 3.05) is 34.8 Å². The van der Waals surface area contributed by atoms with Gasteiger partial charge in [0.1, 0.15) is 5.69 Å². The molecule has 1 saturated heterocycles. The lowest BCUT2D eigenvalue weighted by molar-refractivity contribution is -0.384. The van der Waals surface area contributed by atoms with Crippen molar-refractivity contribution in [1.29, 1.82) is 0 Å². The number of benzene rings is 2. The van der Waals surface area contributed by atoms with Crippen molar-refractivity contribution < 1.29 is 9.72 Å². The van der Waals surface area contributed by atoms with Crippen molar-refractivity contribution in [1.82, 2.24) is 0 Å². The highest BCUT2D eigenvalue weighted by molar-refractivity contribution is 5.93. The van der Waals surface area contributed by atoms with E-state index < -0.39 is 0 Å². The fourth-order valence-electron chi connectivity index (χ4n) is 4.09. The molecular formula is C23H30N4O3. The van der Waals surface area contributed by atoms with Gasteiger partial charge < -0.3 is 15.1 Å². The van der Waals surface area contributed by atoms with Crippen molar-refractivity contribution in [2.45, 2.75) is 39.7 Å². The smallest absolute Gasteiger partial charge is 0.292 e. The lowest BCUT2D eigenvalue weighted by Gasteiger charge is -2.32. The summed E-state index contributed by atoms with van der Waals surface area (Å²) in [5.74, 6) is -0.0762. The van der Waals surface area contributed by atoms with Gasteiger partial charge >= 0.3 is 0 Å². The molecule has 7 heteroatoms. The summed E-state index contributed by atoms with van der Waals surface area (Å²) in [5, 5.41) is 14.3. The maximum atomic E-state index is 12.7. The zero-order valence-electron chi connectivity index (χ0n) is 17.9. The number of hydrogen-bond donors (Lipinski definition) is 1. The Labute approximate surface area is 177 Å². The second-order valence-corrected chi connectivity index (χ2v) is 7.92. The minimum atomic E-state index is -0.350. The number of nitrogens with one attached hydrogen (secondary N) is 1. The first-order valence-corrected chi connectivity index (χ1v) is 10.6. The largest absolute Gasteiger partial charge is 0.369 e. The van der Waals surface area contributed by atoms with E-state index in [0.29, 0.717) is 37.7 Å². The average molecular weight is 411 g/mol. The van der Waals surface area contributed by atoms with Crippen LogP contribution in [0.15, 0.2) is 48.5 Å². The van der Waals surface area contributed by atoms with Crippen molar-refractivity contribution in [2.24, 2.45) is 5.92 Å². The molecule has 1 fully saturated rings. The van der Waals surface area contributed by atoms with Crippen LogP contribution in [-0.4, -0.2) is 36.5 Å². The zero-order valence-corrected chi connectivity index (χ0v) is 17.9. The summed E-state index contributed by atoms with van der Waals surface area (Å²) in [5.41, 5.74) is 2.68. The lowest BCUT2D eigenvalue weighted by Crippen LogP contribution is -2.38. The predicted molar refractivity (Wildman–Crippen MR) is 121 cm³/mol. The van der Waals surface area contributed by atoms with E-state index in [1.165, 1.54) is 6.07 Å². The molecule has 1 amide bonds. The van der Waals surface area contributed by atoms with Gasteiger partial charge in [0, 0.05) is 49.0 Å². The van der Waals surface area contributed by atoms with Gasteiger partial charge in [0.2, 0.25) is 5.91 Å². The van der Waals surface area contributed by atoms with Gasteiger partial charge in [-0.1, -0.05) is 12.1 Å². The third kappa shape index (κ3) is 4.90. The number of nitrogens with zero attached hydrogens (tertiary/aromatic N) is 3. The van der Waals surface area contributed by atoms with Crippen LogP contribution in [0, 0.1) is 16.0 Å². The summed E-state index contributed by atoms with van der Waals surface area (Å²) in [6.45, 7) is 8.64. The quantitative estimate of drug-likeness (QED) is 0.529. The van der Waals surface area contributed by atoms with Crippen LogP contribution in [0.4, 0.5) is 22.7 Å². The first kappa shape index (κ1) is 21.6. The summed E-state index contributed by atoms with van der Waals surface area (Å²) < 4.78 is 0. The highest BCUT2D eigenvalue weighted by Gasteiger charge is 2.28. The van der Waals surface area contributed by atoms with Crippen LogP contribution in [0.1, 0.15) is 33.6 Å². The molecule has 30 heavy (non-hydrogen) atoms.